The van der Waals surface area contributed by atoms with E-state index >= 15 is 0 Å². The molecule has 0 spiro atoms. The van der Waals surface area contributed by atoms with E-state index in [0.29, 0.717) is 6.54 Å². The van der Waals surface area contributed by atoms with Crippen LogP contribution in [0.2, 0.25) is 0 Å². The van der Waals surface area contributed by atoms with Gasteiger partial charge >= 0.3 is 0 Å². The molecule has 102 valence electrons. The molecule has 5 heteroatoms. The summed E-state index contributed by atoms with van der Waals surface area (Å²) < 4.78 is 16.0. The fourth-order valence-corrected chi connectivity index (χ4v) is 2.22. The second kappa shape index (κ2) is 6.30. The Labute approximate surface area is 121 Å². The molecule has 0 fully saturated rings. The van der Waals surface area contributed by atoms with Crippen LogP contribution in [-0.2, 0) is 13.1 Å². The van der Waals surface area contributed by atoms with Gasteiger partial charge in [-0.2, -0.15) is 5.10 Å². The van der Waals surface area contributed by atoms with Crippen LogP contribution in [0.15, 0.2) is 35.1 Å². The summed E-state index contributed by atoms with van der Waals surface area (Å²) in [6.45, 7) is 5.60. The lowest BCUT2D eigenvalue weighted by molar-refractivity contribution is 0.566. The zero-order valence-corrected chi connectivity index (χ0v) is 12.6. The van der Waals surface area contributed by atoms with Crippen molar-refractivity contribution in [2.75, 3.05) is 0 Å². The molecule has 2 rings (SSSR count). The molecule has 19 heavy (non-hydrogen) atoms. The molecule has 0 amide bonds. The zero-order valence-electron chi connectivity index (χ0n) is 11.0. The number of hydrogen-bond donors (Lipinski definition) is 1. The van der Waals surface area contributed by atoms with E-state index < -0.39 is 0 Å². The van der Waals surface area contributed by atoms with Gasteiger partial charge in [-0.3, -0.25) is 4.68 Å². The number of aromatic nitrogens is 2. The largest absolute Gasteiger partial charge is 0.306 e. The van der Waals surface area contributed by atoms with Crippen molar-refractivity contribution in [3.05, 3.63) is 52.0 Å². The van der Waals surface area contributed by atoms with Crippen LogP contribution in [0.25, 0.3) is 0 Å². The van der Waals surface area contributed by atoms with Gasteiger partial charge in [0.15, 0.2) is 0 Å². The predicted molar refractivity (Wildman–Crippen MR) is 77.3 cm³/mol. The summed E-state index contributed by atoms with van der Waals surface area (Å²) >= 11 is 3.43. The van der Waals surface area contributed by atoms with E-state index in [4.69, 9.17) is 0 Å². The first-order valence-corrected chi connectivity index (χ1v) is 7.09. The van der Waals surface area contributed by atoms with Gasteiger partial charge in [0.05, 0.1) is 6.20 Å². The Morgan fingerprint density at radius 2 is 2.26 bits per heavy atom. The second-order valence-electron chi connectivity index (χ2n) is 4.47. The van der Waals surface area contributed by atoms with Gasteiger partial charge in [0, 0.05) is 35.4 Å². The number of benzene rings is 1. The van der Waals surface area contributed by atoms with Gasteiger partial charge in [-0.25, -0.2) is 4.39 Å². The highest BCUT2D eigenvalue weighted by Gasteiger charge is 2.09. The molecule has 2 aromatic rings. The fourth-order valence-electron chi connectivity index (χ4n) is 1.84. The molecule has 1 heterocycles. The minimum Gasteiger partial charge on any atom is -0.306 e. The lowest BCUT2D eigenvalue weighted by atomic mass is 10.1. The van der Waals surface area contributed by atoms with Crippen molar-refractivity contribution in [3.63, 3.8) is 0 Å². The molecule has 1 N–H and O–H groups in total. The maximum atomic E-state index is 13.2. The summed E-state index contributed by atoms with van der Waals surface area (Å²) in [5, 5.41) is 7.62. The number of nitrogens with one attached hydrogen (secondary N) is 1. The molecule has 0 aliphatic rings. The van der Waals surface area contributed by atoms with Gasteiger partial charge in [-0.1, -0.05) is 15.9 Å². The first-order chi connectivity index (χ1) is 9.10. The normalized spacial score (nSPS) is 12.6. The van der Waals surface area contributed by atoms with Crippen LogP contribution in [0, 0.1) is 5.82 Å². The van der Waals surface area contributed by atoms with Crippen molar-refractivity contribution in [3.8, 4) is 0 Å². The van der Waals surface area contributed by atoms with Gasteiger partial charge in [-0.15, -0.1) is 0 Å². The number of hydrogen-bond acceptors (Lipinski definition) is 2. The van der Waals surface area contributed by atoms with Crippen molar-refractivity contribution < 1.29 is 4.39 Å². The van der Waals surface area contributed by atoms with Crippen LogP contribution >= 0.6 is 15.9 Å². The maximum absolute atomic E-state index is 13.2. The first kappa shape index (κ1) is 14.2. The third-order valence-electron chi connectivity index (χ3n) is 3.08. The third kappa shape index (κ3) is 3.64. The molecule has 0 bridgehead atoms. The third-order valence-corrected chi connectivity index (χ3v) is 3.86. The van der Waals surface area contributed by atoms with E-state index in [-0.39, 0.29) is 11.9 Å². The molecule has 0 aliphatic heterocycles. The van der Waals surface area contributed by atoms with Gasteiger partial charge in [0.2, 0.25) is 0 Å². The monoisotopic (exact) mass is 325 g/mol. The maximum Gasteiger partial charge on any atom is 0.123 e. The molecular formula is C14H17BrFN3. The van der Waals surface area contributed by atoms with Crippen molar-refractivity contribution >= 4 is 15.9 Å². The molecule has 1 unspecified atom stereocenters. The minimum atomic E-state index is -0.216. The average molecular weight is 326 g/mol. The van der Waals surface area contributed by atoms with Crippen LogP contribution in [0.4, 0.5) is 4.39 Å². The van der Waals surface area contributed by atoms with E-state index in [1.807, 2.05) is 17.1 Å². The molecule has 3 nitrogen and oxygen atoms in total. The Morgan fingerprint density at radius 1 is 1.47 bits per heavy atom. The summed E-state index contributed by atoms with van der Waals surface area (Å²) in [5.41, 5.74) is 2.05. The standard InChI is InChI=1S/C14H17BrFN3/c1-3-19-9-12(8-18-19)10(2)17-7-11-6-13(16)4-5-14(11)15/h4-6,8-10,17H,3,7H2,1-2H3. The van der Waals surface area contributed by atoms with Crippen LogP contribution < -0.4 is 5.32 Å². The number of halogens is 2. The zero-order chi connectivity index (χ0) is 13.8. The molecule has 0 saturated heterocycles. The van der Waals surface area contributed by atoms with Crippen molar-refractivity contribution in [2.45, 2.75) is 33.0 Å². The highest BCUT2D eigenvalue weighted by atomic mass is 79.9. The molecule has 0 radical (unpaired) electrons. The van der Waals surface area contributed by atoms with E-state index in [2.05, 4.69) is 40.2 Å². The quantitative estimate of drug-likeness (QED) is 0.909. The van der Waals surface area contributed by atoms with Crippen LogP contribution in [0.1, 0.15) is 31.0 Å². The smallest absolute Gasteiger partial charge is 0.123 e. The number of nitrogens with zero attached hydrogens (tertiary/aromatic N) is 2. The summed E-state index contributed by atoms with van der Waals surface area (Å²) in [4.78, 5) is 0. The predicted octanol–water partition coefficient (Wildman–Crippen LogP) is 3.66. The Balaban J connectivity index is 1.99. The van der Waals surface area contributed by atoms with Crippen LogP contribution in [0.3, 0.4) is 0 Å². The fraction of sp³-hybridized carbons (Fsp3) is 0.357. The van der Waals surface area contributed by atoms with Crippen LogP contribution in [0.5, 0.6) is 0 Å². The highest BCUT2D eigenvalue weighted by Crippen LogP contribution is 2.19. The number of rotatable bonds is 5. The Kier molecular flexibility index (Phi) is 4.71. The summed E-state index contributed by atoms with van der Waals surface area (Å²) in [6, 6.07) is 4.89. The molecular weight excluding hydrogens is 309 g/mol. The van der Waals surface area contributed by atoms with Gasteiger partial charge in [0.25, 0.3) is 0 Å². The summed E-state index contributed by atoms with van der Waals surface area (Å²) in [6.07, 6.45) is 3.89. The average Bonchev–Trinajstić information content (AvgIpc) is 2.88. The highest BCUT2D eigenvalue weighted by molar-refractivity contribution is 9.10. The molecule has 0 aliphatic carbocycles. The van der Waals surface area contributed by atoms with E-state index in [0.717, 1.165) is 22.1 Å². The van der Waals surface area contributed by atoms with Gasteiger partial charge < -0.3 is 5.32 Å². The topological polar surface area (TPSA) is 29.9 Å². The van der Waals surface area contributed by atoms with Crippen LogP contribution in [-0.4, -0.2) is 9.78 Å². The minimum absolute atomic E-state index is 0.176. The molecule has 1 aromatic carbocycles. The van der Waals surface area contributed by atoms with E-state index in [1.54, 1.807) is 12.1 Å². The summed E-state index contributed by atoms with van der Waals surface area (Å²) in [5.74, 6) is -0.216. The molecule has 0 saturated carbocycles. The molecule has 1 aromatic heterocycles. The van der Waals surface area contributed by atoms with Crippen molar-refractivity contribution in [2.24, 2.45) is 0 Å². The van der Waals surface area contributed by atoms with E-state index in [9.17, 15) is 4.39 Å². The second-order valence-corrected chi connectivity index (χ2v) is 5.32. The van der Waals surface area contributed by atoms with Crippen molar-refractivity contribution in [1.29, 1.82) is 0 Å². The first-order valence-electron chi connectivity index (χ1n) is 6.29. The number of aryl methyl sites for hydroxylation is 1. The SMILES string of the molecule is CCn1cc(C(C)NCc2cc(F)ccc2Br)cn1. The van der Waals surface area contributed by atoms with Gasteiger partial charge in [-0.05, 0) is 37.6 Å². The Hall–Kier alpha value is -1.20. The molecule has 1 atom stereocenters. The lowest BCUT2D eigenvalue weighted by Crippen LogP contribution is -2.18. The Morgan fingerprint density at radius 3 is 2.95 bits per heavy atom. The lowest BCUT2D eigenvalue weighted by Gasteiger charge is -2.13. The Bertz CT molecular complexity index is 553. The van der Waals surface area contributed by atoms with E-state index in [1.165, 1.54) is 6.07 Å². The van der Waals surface area contributed by atoms with Gasteiger partial charge in [0.1, 0.15) is 5.82 Å². The van der Waals surface area contributed by atoms with Crippen molar-refractivity contribution in [1.82, 2.24) is 15.1 Å². The summed E-state index contributed by atoms with van der Waals surface area (Å²) in [7, 11) is 0.